The van der Waals surface area contributed by atoms with Crippen molar-refractivity contribution in [1.29, 1.82) is 0 Å². The smallest absolute Gasteiger partial charge is 0.140 e. The van der Waals surface area contributed by atoms with Crippen LogP contribution in [0, 0.1) is 0 Å². The van der Waals surface area contributed by atoms with Crippen molar-refractivity contribution in [3.05, 3.63) is 36.2 Å². The molecular weight excluding hydrogens is 228 g/mol. The summed E-state index contributed by atoms with van der Waals surface area (Å²) in [5.41, 5.74) is 2.19. The first-order chi connectivity index (χ1) is 8.78. The Morgan fingerprint density at radius 2 is 2.11 bits per heavy atom. The van der Waals surface area contributed by atoms with Crippen molar-refractivity contribution in [3.8, 4) is 17.1 Å². The highest BCUT2D eigenvalue weighted by atomic mass is 16.5. The topological polar surface area (TPSA) is 47.3 Å². The van der Waals surface area contributed by atoms with Crippen LogP contribution in [-0.2, 0) is 13.0 Å². The van der Waals surface area contributed by atoms with Gasteiger partial charge in [0.05, 0.1) is 13.2 Å². The largest absolute Gasteiger partial charge is 0.497 e. The predicted molar refractivity (Wildman–Crippen MR) is 68.5 cm³/mol. The first kappa shape index (κ1) is 11.3. The van der Waals surface area contributed by atoms with Gasteiger partial charge in [0.25, 0.3) is 0 Å². The van der Waals surface area contributed by atoms with Crippen molar-refractivity contribution in [2.24, 2.45) is 0 Å². The third-order valence-corrected chi connectivity index (χ3v) is 3.42. The molecule has 0 spiro atoms. The Balaban J connectivity index is 1.97. The number of aliphatic hydroxyl groups excluding tert-OH is 1. The van der Waals surface area contributed by atoms with E-state index in [1.165, 1.54) is 0 Å². The predicted octanol–water partition coefficient (Wildman–Crippen LogP) is 1.87. The summed E-state index contributed by atoms with van der Waals surface area (Å²) in [5.74, 6) is 1.82. The molecule has 1 aromatic carbocycles. The molecule has 1 N–H and O–H groups in total. The first-order valence-electron chi connectivity index (χ1n) is 6.15. The minimum absolute atomic E-state index is 0.224. The summed E-state index contributed by atoms with van der Waals surface area (Å²) >= 11 is 0. The van der Waals surface area contributed by atoms with Crippen LogP contribution in [0.4, 0.5) is 0 Å². The Morgan fingerprint density at radius 1 is 1.33 bits per heavy atom. The zero-order chi connectivity index (χ0) is 12.5. The first-order valence-corrected chi connectivity index (χ1v) is 6.15. The van der Waals surface area contributed by atoms with Gasteiger partial charge in [-0.2, -0.15) is 0 Å². The molecule has 0 amide bonds. The Labute approximate surface area is 106 Å². The Kier molecular flexibility index (Phi) is 2.80. The fraction of sp³-hybridized carbons (Fsp3) is 0.357. The lowest BCUT2D eigenvalue weighted by Crippen LogP contribution is -2.22. The maximum atomic E-state index is 9.65. The van der Waals surface area contributed by atoms with Crippen molar-refractivity contribution >= 4 is 0 Å². The standard InChI is InChI=1S/C14H16N2O2/c1-18-13-4-2-10(3-5-13)14-15-9-11-8-12(17)6-7-16(11)14/h2-5,9,12,17H,6-8H2,1H3. The molecule has 94 valence electrons. The molecule has 1 unspecified atom stereocenters. The number of rotatable bonds is 2. The van der Waals surface area contributed by atoms with Gasteiger partial charge in [0.15, 0.2) is 0 Å². The van der Waals surface area contributed by atoms with Crippen LogP contribution in [0.3, 0.4) is 0 Å². The Hall–Kier alpha value is -1.81. The second-order valence-electron chi connectivity index (χ2n) is 4.60. The van der Waals surface area contributed by atoms with Gasteiger partial charge in [-0.15, -0.1) is 0 Å². The number of hydrogen-bond donors (Lipinski definition) is 1. The summed E-state index contributed by atoms with van der Waals surface area (Å²) in [7, 11) is 1.66. The molecular formula is C14H16N2O2. The van der Waals surface area contributed by atoms with E-state index in [9.17, 15) is 5.11 Å². The number of ether oxygens (including phenoxy) is 1. The molecule has 1 aliphatic heterocycles. The summed E-state index contributed by atoms with van der Waals surface area (Å²) in [4.78, 5) is 4.47. The normalized spacial score (nSPS) is 18.4. The van der Waals surface area contributed by atoms with Gasteiger partial charge in [-0.3, -0.25) is 0 Å². The van der Waals surface area contributed by atoms with Gasteiger partial charge in [-0.1, -0.05) is 0 Å². The number of aromatic nitrogens is 2. The quantitative estimate of drug-likeness (QED) is 0.877. The van der Waals surface area contributed by atoms with E-state index in [0.717, 1.165) is 35.8 Å². The van der Waals surface area contributed by atoms with Crippen molar-refractivity contribution < 1.29 is 9.84 Å². The third-order valence-electron chi connectivity index (χ3n) is 3.42. The molecule has 0 radical (unpaired) electrons. The van der Waals surface area contributed by atoms with Gasteiger partial charge >= 0.3 is 0 Å². The summed E-state index contributed by atoms with van der Waals surface area (Å²) < 4.78 is 7.34. The third kappa shape index (κ3) is 1.88. The van der Waals surface area contributed by atoms with Crippen molar-refractivity contribution in [3.63, 3.8) is 0 Å². The van der Waals surface area contributed by atoms with Crippen molar-refractivity contribution in [2.75, 3.05) is 7.11 Å². The summed E-state index contributed by atoms with van der Waals surface area (Å²) in [6.45, 7) is 0.831. The molecule has 3 rings (SSSR count). The van der Waals surface area contributed by atoms with Gasteiger partial charge in [0.1, 0.15) is 11.6 Å². The molecule has 0 saturated carbocycles. The highest BCUT2D eigenvalue weighted by Crippen LogP contribution is 2.26. The molecule has 4 nitrogen and oxygen atoms in total. The van der Waals surface area contributed by atoms with Crippen LogP contribution in [0.5, 0.6) is 5.75 Å². The van der Waals surface area contributed by atoms with E-state index in [1.54, 1.807) is 7.11 Å². The zero-order valence-electron chi connectivity index (χ0n) is 10.3. The molecule has 1 aliphatic rings. The van der Waals surface area contributed by atoms with Crippen molar-refractivity contribution in [2.45, 2.75) is 25.5 Å². The summed E-state index contributed by atoms with van der Waals surface area (Å²) in [6.07, 6.45) is 3.13. The fourth-order valence-electron chi connectivity index (χ4n) is 2.42. The van der Waals surface area contributed by atoms with E-state index in [1.807, 2.05) is 30.5 Å². The minimum atomic E-state index is -0.224. The van der Waals surface area contributed by atoms with Gasteiger partial charge in [0.2, 0.25) is 0 Å². The zero-order valence-corrected chi connectivity index (χ0v) is 10.3. The molecule has 2 heterocycles. The second-order valence-corrected chi connectivity index (χ2v) is 4.60. The number of methoxy groups -OCH3 is 1. The van der Waals surface area contributed by atoms with E-state index in [2.05, 4.69) is 9.55 Å². The fourth-order valence-corrected chi connectivity index (χ4v) is 2.42. The number of fused-ring (bicyclic) bond motifs is 1. The lowest BCUT2D eigenvalue weighted by molar-refractivity contribution is 0.144. The monoisotopic (exact) mass is 244 g/mol. The Morgan fingerprint density at radius 3 is 2.83 bits per heavy atom. The minimum Gasteiger partial charge on any atom is -0.497 e. The SMILES string of the molecule is COc1ccc(-c2ncc3n2CCC(O)C3)cc1. The van der Waals surface area contributed by atoms with E-state index >= 15 is 0 Å². The second kappa shape index (κ2) is 4.46. The van der Waals surface area contributed by atoms with Gasteiger partial charge in [-0.25, -0.2) is 4.98 Å². The average Bonchev–Trinajstić information content (AvgIpc) is 2.81. The maximum absolute atomic E-state index is 9.65. The summed E-state index contributed by atoms with van der Waals surface area (Å²) in [5, 5.41) is 9.65. The highest BCUT2D eigenvalue weighted by Gasteiger charge is 2.20. The van der Waals surface area contributed by atoms with E-state index < -0.39 is 0 Å². The number of imidazole rings is 1. The van der Waals surface area contributed by atoms with E-state index in [0.29, 0.717) is 6.42 Å². The number of nitrogens with zero attached hydrogens (tertiary/aromatic N) is 2. The lowest BCUT2D eigenvalue weighted by Gasteiger charge is -2.21. The van der Waals surface area contributed by atoms with Crippen LogP contribution in [0.1, 0.15) is 12.1 Å². The number of hydrogen-bond acceptors (Lipinski definition) is 3. The van der Waals surface area contributed by atoms with Gasteiger partial charge < -0.3 is 14.4 Å². The van der Waals surface area contributed by atoms with Crippen LogP contribution in [0.15, 0.2) is 30.5 Å². The van der Waals surface area contributed by atoms with E-state index in [-0.39, 0.29) is 6.10 Å². The maximum Gasteiger partial charge on any atom is 0.140 e. The molecule has 1 atom stereocenters. The Bertz CT molecular complexity index is 545. The van der Waals surface area contributed by atoms with Crippen LogP contribution in [-0.4, -0.2) is 27.9 Å². The van der Waals surface area contributed by atoms with Crippen molar-refractivity contribution in [1.82, 2.24) is 9.55 Å². The van der Waals surface area contributed by atoms with Gasteiger partial charge in [0, 0.05) is 30.4 Å². The molecule has 2 aromatic rings. The molecule has 0 aliphatic carbocycles. The van der Waals surface area contributed by atoms with Crippen LogP contribution in [0.2, 0.25) is 0 Å². The molecule has 0 saturated heterocycles. The molecule has 0 bridgehead atoms. The molecule has 1 aromatic heterocycles. The van der Waals surface area contributed by atoms with Crippen LogP contribution in [0.25, 0.3) is 11.4 Å². The van der Waals surface area contributed by atoms with E-state index in [4.69, 9.17) is 4.74 Å². The number of benzene rings is 1. The summed E-state index contributed by atoms with van der Waals surface area (Å²) in [6, 6.07) is 7.91. The van der Waals surface area contributed by atoms with Crippen LogP contribution < -0.4 is 4.74 Å². The van der Waals surface area contributed by atoms with Crippen LogP contribution >= 0.6 is 0 Å². The highest BCUT2D eigenvalue weighted by molar-refractivity contribution is 5.57. The lowest BCUT2D eigenvalue weighted by atomic mass is 10.1. The average molecular weight is 244 g/mol. The number of aliphatic hydroxyl groups is 1. The van der Waals surface area contributed by atoms with Gasteiger partial charge in [-0.05, 0) is 30.7 Å². The molecule has 4 heteroatoms. The molecule has 18 heavy (non-hydrogen) atoms. The molecule has 0 fully saturated rings.